The second-order valence-corrected chi connectivity index (χ2v) is 11.0. The maximum absolute atomic E-state index is 12.6. The van der Waals surface area contributed by atoms with Crippen LogP contribution in [-0.4, -0.2) is 22.6 Å². The molecule has 3 N–H and O–H groups in total. The molecule has 2 aromatic heterocycles. The van der Waals surface area contributed by atoms with Crippen molar-refractivity contribution in [2.75, 3.05) is 0 Å². The summed E-state index contributed by atoms with van der Waals surface area (Å²) in [5.74, 6) is 0.385. The minimum Gasteiger partial charge on any atom is -0.451 e. The number of nitrogens with two attached hydrogens (primary N) is 1. The number of nitrogens with zero attached hydrogens (tertiary/aromatic N) is 1. The SMILES string of the molecule is Cc1ccc(-c2c(CNC(=O)OC(C)(C)C)c(CC(C)C)nc3ccc(-c4ccc(C(N)=O)o4)cc23)cc1. The minimum atomic E-state index is -0.618. The van der Waals surface area contributed by atoms with E-state index in [-0.39, 0.29) is 12.3 Å². The Morgan fingerprint density at radius 3 is 2.32 bits per heavy atom. The Labute approximate surface area is 223 Å². The number of nitrogens with one attached hydrogen (secondary N) is 1. The van der Waals surface area contributed by atoms with Crippen LogP contribution in [0, 0.1) is 12.8 Å². The maximum Gasteiger partial charge on any atom is 0.407 e. The number of carbonyl (C=O) groups excluding carboxylic acids is 2. The molecule has 4 rings (SSSR count). The highest BCUT2D eigenvalue weighted by Gasteiger charge is 2.21. The van der Waals surface area contributed by atoms with Gasteiger partial charge in [-0.2, -0.15) is 0 Å². The van der Waals surface area contributed by atoms with E-state index in [1.165, 1.54) is 0 Å². The first kappa shape index (κ1) is 26.9. The second-order valence-electron chi connectivity index (χ2n) is 11.0. The Morgan fingerprint density at radius 2 is 1.71 bits per heavy atom. The zero-order valence-corrected chi connectivity index (χ0v) is 22.8. The predicted octanol–water partition coefficient (Wildman–Crippen LogP) is 6.79. The molecule has 0 saturated heterocycles. The largest absolute Gasteiger partial charge is 0.451 e. The Hall–Kier alpha value is -4.13. The lowest BCUT2D eigenvalue weighted by molar-refractivity contribution is 0.0523. The molecule has 0 unspecified atom stereocenters. The summed E-state index contributed by atoms with van der Waals surface area (Å²) in [5, 5.41) is 3.86. The van der Waals surface area contributed by atoms with Crippen molar-refractivity contribution in [3.8, 4) is 22.5 Å². The third kappa shape index (κ3) is 6.22. The summed E-state index contributed by atoms with van der Waals surface area (Å²) in [4.78, 5) is 29.2. The Bertz CT molecular complexity index is 1480. The predicted molar refractivity (Wildman–Crippen MR) is 150 cm³/mol. The quantitative estimate of drug-likeness (QED) is 0.283. The van der Waals surface area contributed by atoms with Gasteiger partial charge in [-0.05, 0) is 81.5 Å². The van der Waals surface area contributed by atoms with E-state index in [9.17, 15) is 9.59 Å². The molecule has 2 aromatic carbocycles. The summed E-state index contributed by atoms with van der Waals surface area (Å²) in [6, 6.07) is 17.5. The van der Waals surface area contributed by atoms with Crippen LogP contribution in [0.5, 0.6) is 0 Å². The van der Waals surface area contributed by atoms with Crippen LogP contribution >= 0.6 is 0 Å². The lowest BCUT2D eigenvalue weighted by Crippen LogP contribution is -2.32. The van der Waals surface area contributed by atoms with Crippen LogP contribution in [0.4, 0.5) is 4.79 Å². The van der Waals surface area contributed by atoms with Gasteiger partial charge in [0.2, 0.25) is 0 Å². The number of fused-ring (bicyclic) bond motifs is 1. The number of primary amides is 1. The first-order valence-corrected chi connectivity index (χ1v) is 12.8. The molecule has 0 aliphatic carbocycles. The average molecular weight is 514 g/mol. The number of furan rings is 1. The Balaban J connectivity index is 1.92. The normalized spacial score (nSPS) is 11.7. The van der Waals surface area contributed by atoms with E-state index in [1.807, 2.05) is 39.0 Å². The van der Waals surface area contributed by atoms with Gasteiger partial charge >= 0.3 is 6.09 Å². The van der Waals surface area contributed by atoms with E-state index >= 15 is 0 Å². The number of amides is 2. The molecule has 0 aliphatic rings. The number of ether oxygens (including phenoxy) is 1. The van der Waals surface area contributed by atoms with Gasteiger partial charge < -0.3 is 20.2 Å². The smallest absolute Gasteiger partial charge is 0.407 e. The molecule has 0 fully saturated rings. The topological polar surface area (TPSA) is 107 Å². The Morgan fingerprint density at radius 1 is 1.03 bits per heavy atom. The number of hydrogen-bond acceptors (Lipinski definition) is 5. The van der Waals surface area contributed by atoms with Crippen molar-refractivity contribution in [2.45, 2.75) is 60.1 Å². The molecule has 2 heterocycles. The molecule has 7 heteroatoms. The first-order chi connectivity index (χ1) is 17.9. The van der Waals surface area contributed by atoms with Crippen LogP contribution in [-0.2, 0) is 17.7 Å². The highest BCUT2D eigenvalue weighted by atomic mass is 16.6. The number of aryl methyl sites for hydroxylation is 1. The standard InChI is InChI=1S/C31H35N3O4/c1-18(2)15-25-23(17-33-30(36)38-31(4,5)6)28(20-9-7-19(3)8-10-20)22-16-21(11-12-24(22)34-25)26-13-14-27(37-26)29(32)35/h7-14,16,18H,15,17H2,1-6H3,(H2,32,35)(H,33,36). The van der Waals surface area contributed by atoms with Gasteiger partial charge in [-0.3, -0.25) is 9.78 Å². The van der Waals surface area contributed by atoms with Gasteiger partial charge in [0.15, 0.2) is 5.76 Å². The summed E-state index contributed by atoms with van der Waals surface area (Å²) in [7, 11) is 0. The zero-order valence-electron chi connectivity index (χ0n) is 22.8. The average Bonchev–Trinajstić information content (AvgIpc) is 3.32. The van der Waals surface area contributed by atoms with E-state index < -0.39 is 17.6 Å². The van der Waals surface area contributed by atoms with Crippen molar-refractivity contribution in [3.05, 3.63) is 77.2 Å². The zero-order chi connectivity index (χ0) is 27.6. The van der Waals surface area contributed by atoms with Crippen LogP contribution in [0.15, 0.2) is 59.0 Å². The van der Waals surface area contributed by atoms with Crippen LogP contribution in [0.2, 0.25) is 0 Å². The van der Waals surface area contributed by atoms with E-state index in [1.54, 1.807) is 12.1 Å². The summed E-state index contributed by atoms with van der Waals surface area (Å²) in [5.41, 5.74) is 11.5. The minimum absolute atomic E-state index is 0.103. The summed E-state index contributed by atoms with van der Waals surface area (Å²) in [6.07, 6.45) is 0.272. The van der Waals surface area contributed by atoms with Gasteiger partial charge in [0.1, 0.15) is 11.4 Å². The number of rotatable bonds is 7. The number of aromatic nitrogens is 1. The number of alkyl carbamates (subject to hydrolysis) is 1. The first-order valence-electron chi connectivity index (χ1n) is 12.8. The number of pyridine rings is 1. The number of carbonyl (C=O) groups is 2. The molecule has 38 heavy (non-hydrogen) atoms. The van der Waals surface area contributed by atoms with E-state index in [2.05, 4.69) is 50.4 Å². The van der Waals surface area contributed by atoms with Crippen molar-refractivity contribution >= 4 is 22.9 Å². The van der Waals surface area contributed by atoms with Crippen LogP contribution in [0.25, 0.3) is 33.4 Å². The molecule has 2 amide bonds. The lowest BCUT2D eigenvalue weighted by Gasteiger charge is -2.22. The summed E-state index contributed by atoms with van der Waals surface area (Å²) in [6.45, 7) is 12.1. The second kappa shape index (κ2) is 10.7. The molecule has 0 radical (unpaired) electrons. The monoisotopic (exact) mass is 513 g/mol. The summed E-state index contributed by atoms with van der Waals surface area (Å²) >= 11 is 0. The highest BCUT2D eigenvalue weighted by molar-refractivity contribution is 5.99. The van der Waals surface area contributed by atoms with Gasteiger partial charge in [-0.1, -0.05) is 43.7 Å². The van der Waals surface area contributed by atoms with Gasteiger partial charge in [-0.15, -0.1) is 0 Å². The molecule has 0 spiro atoms. The number of benzene rings is 2. The van der Waals surface area contributed by atoms with E-state index in [0.29, 0.717) is 11.7 Å². The third-order valence-electron chi connectivity index (χ3n) is 6.06. The lowest BCUT2D eigenvalue weighted by atomic mass is 9.90. The van der Waals surface area contributed by atoms with Crippen LogP contribution in [0.1, 0.15) is 62.0 Å². The molecule has 4 aromatic rings. The van der Waals surface area contributed by atoms with Crippen molar-refractivity contribution in [1.82, 2.24) is 10.3 Å². The van der Waals surface area contributed by atoms with Gasteiger partial charge in [0.05, 0.1) is 5.52 Å². The molecule has 0 atom stereocenters. The van der Waals surface area contributed by atoms with E-state index in [0.717, 1.165) is 50.8 Å². The third-order valence-corrected chi connectivity index (χ3v) is 6.06. The molecule has 0 bridgehead atoms. The van der Waals surface area contributed by atoms with Crippen LogP contribution in [0.3, 0.4) is 0 Å². The van der Waals surface area contributed by atoms with Gasteiger partial charge in [0, 0.05) is 28.8 Å². The van der Waals surface area contributed by atoms with Crippen molar-refractivity contribution in [1.29, 1.82) is 0 Å². The molecule has 198 valence electrons. The van der Waals surface area contributed by atoms with Gasteiger partial charge in [-0.25, -0.2) is 4.79 Å². The molecular formula is C31H35N3O4. The molecular weight excluding hydrogens is 478 g/mol. The molecule has 7 nitrogen and oxygen atoms in total. The van der Waals surface area contributed by atoms with Gasteiger partial charge in [0.25, 0.3) is 5.91 Å². The maximum atomic E-state index is 12.6. The fourth-order valence-electron chi connectivity index (χ4n) is 4.40. The summed E-state index contributed by atoms with van der Waals surface area (Å²) < 4.78 is 11.2. The van der Waals surface area contributed by atoms with E-state index in [4.69, 9.17) is 19.9 Å². The molecule has 0 saturated carbocycles. The molecule has 0 aliphatic heterocycles. The fraction of sp³-hybridized carbons (Fsp3) is 0.323. The fourth-order valence-corrected chi connectivity index (χ4v) is 4.40. The highest BCUT2D eigenvalue weighted by Crippen LogP contribution is 2.37. The van der Waals surface area contributed by atoms with Crippen molar-refractivity contribution in [2.24, 2.45) is 11.7 Å². The number of hydrogen-bond donors (Lipinski definition) is 2. The van der Waals surface area contributed by atoms with Crippen LogP contribution < -0.4 is 11.1 Å². The van der Waals surface area contributed by atoms with Crippen molar-refractivity contribution in [3.63, 3.8) is 0 Å². The van der Waals surface area contributed by atoms with Crippen molar-refractivity contribution < 1.29 is 18.7 Å². The Kier molecular flexibility index (Phi) is 7.58.